The lowest BCUT2D eigenvalue weighted by atomic mass is 9.95. The van der Waals surface area contributed by atoms with E-state index in [-0.39, 0.29) is 0 Å². The minimum Gasteiger partial charge on any atom is -0.361 e. The number of hydrogen-bond donors (Lipinski definition) is 2. The number of aromatic nitrogens is 1. The number of nitrogens with two attached hydrogens (primary N) is 1. The van der Waals surface area contributed by atoms with Crippen LogP contribution < -0.4 is 5.73 Å². The fourth-order valence-corrected chi connectivity index (χ4v) is 2.14. The molecule has 2 nitrogen and oxygen atoms in total. The third kappa shape index (κ3) is 1.01. The second kappa shape index (κ2) is 2.61. The van der Waals surface area contributed by atoms with Crippen molar-refractivity contribution in [2.75, 3.05) is 6.54 Å². The highest BCUT2D eigenvalue weighted by Gasteiger charge is 2.42. The van der Waals surface area contributed by atoms with Gasteiger partial charge in [0.15, 0.2) is 0 Å². The number of benzene rings is 1. The van der Waals surface area contributed by atoms with Gasteiger partial charge in [-0.05, 0) is 42.0 Å². The Kier molecular flexibility index (Phi) is 1.50. The zero-order chi connectivity index (χ0) is 9.60. The maximum atomic E-state index is 5.81. The Morgan fingerprint density at radius 2 is 2.14 bits per heavy atom. The van der Waals surface area contributed by atoms with Gasteiger partial charge in [0.1, 0.15) is 0 Å². The third-order valence-corrected chi connectivity index (χ3v) is 3.41. The molecule has 0 spiro atoms. The van der Waals surface area contributed by atoms with Crippen LogP contribution in [0.2, 0.25) is 0 Å². The van der Waals surface area contributed by atoms with Crippen molar-refractivity contribution < 1.29 is 0 Å². The van der Waals surface area contributed by atoms with Crippen molar-refractivity contribution in [2.24, 2.45) is 5.73 Å². The summed E-state index contributed by atoms with van der Waals surface area (Å²) in [6.45, 7) is 0.781. The predicted molar refractivity (Wildman–Crippen MR) is 58.3 cm³/mol. The van der Waals surface area contributed by atoms with Gasteiger partial charge in [-0.1, -0.05) is 6.07 Å². The van der Waals surface area contributed by atoms with E-state index >= 15 is 0 Å². The van der Waals surface area contributed by atoms with Gasteiger partial charge in [-0.2, -0.15) is 0 Å². The topological polar surface area (TPSA) is 41.8 Å². The molecule has 0 bridgehead atoms. The summed E-state index contributed by atoms with van der Waals surface area (Å²) >= 11 is 0. The van der Waals surface area contributed by atoms with E-state index in [1.54, 1.807) is 0 Å². The lowest BCUT2D eigenvalue weighted by molar-refractivity contribution is 0.706. The fraction of sp³-hybridized carbons (Fsp3) is 0.333. The molecule has 0 atom stereocenters. The fourth-order valence-electron chi connectivity index (χ4n) is 2.14. The number of aromatic amines is 1. The zero-order valence-corrected chi connectivity index (χ0v) is 8.09. The van der Waals surface area contributed by atoms with E-state index in [2.05, 4.69) is 29.2 Å². The van der Waals surface area contributed by atoms with Crippen molar-refractivity contribution >= 4 is 10.9 Å². The van der Waals surface area contributed by atoms with Crippen LogP contribution in [0.25, 0.3) is 10.9 Å². The molecule has 1 saturated carbocycles. The normalized spacial score (nSPS) is 18.6. The maximum absolute atomic E-state index is 5.81. The molecule has 1 aromatic heterocycles. The van der Waals surface area contributed by atoms with Crippen LogP contribution in [-0.4, -0.2) is 11.5 Å². The monoisotopic (exact) mass is 186 g/mol. The Morgan fingerprint density at radius 3 is 2.86 bits per heavy atom. The Hall–Kier alpha value is -1.28. The molecule has 14 heavy (non-hydrogen) atoms. The molecular weight excluding hydrogens is 172 g/mol. The van der Waals surface area contributed by atoms with E-state index in [0.717, 1.165) is 6.54 Å². The van der Waals surface area contributed by atoms with Crippen molar-refractivity contribution in [3.63, 3.8) is 0 Å². The number of rotatable bonds is 2. The summed E-state index contributed by atoms with van der Waals surface area (Å²) in [5.74, 6) is 0. The highest BCUT2D eigenvalue weighted by atomic mass is 14.7. The van der Waals surface area contributed by atoms with E-state index in [1.807, 2.05) is 6.20 Å². The molecule has 0 aliphatic heterocycles. The summed E-state index contributed by atoms with van der Waals surface area (Å²) in [7, 11) is 0. The first-order valence-electron chi connectivity index (χ1n) is 5.12. The summed E-state index contributed by atoms with van der Waals surface area (Å²) in [5.41, 5.74) is 8.74. The van der Waals surface area contributed by atoms with Crippen molar-refractivity contribution in [1.82, 2.24) is 4.98 Å². The molecule has 2 aromatic rings. The molecule has 72 valence electrons. The Balaban J connectivity index is 2.13. The molecule has 3 rings (SSSR count). The first kappa shape index (κ1) is 8.06. The minimum absolute atomic E-state index is 0.311. The average Bonchev–Trinajstić information content (AvgIpc) is 2.89. The molecule has 1 fully saturated rings. The zero-order valence-electron chi connectivity index (χ0n) is 8.09. The predicted octanol–water partition coefficient (Wildman–Crippen LogP) is 2.16. The van der Waals surface area contributed by atoms with Crippen molar-refractivity contribution in [3.05, 3.63) is 36.0 Å². The second-order valence-electron chi connectivity index (χ2n) is 4.26. The number of nitrogens with one attached hydrogen (secondary N) is 1. The van der Waals surface area contributed by atoms with Crippen LogP contribution in [0.5, 0.6) is 0 Å². The summed E-state index contributed by atoms with van der Waals surface area (Å²) in [6.07, 6.45) is 4.48. The van der Waals surface area contributed by atoms with Crippen LogP contribution in [-0.2, 0) is 5.41 Å². The molecule has 1 aliphatic carbocycles. The highest BCUT2D eigenvalue weighted by molar-refractivity contribution is 5.80. The van der Waals surface area contributed by atoms with Gasteiger partial charge in [0.05, 0.1) is 0 Å². The smallest absolute Gasteiger partial charge is 0.0454 e. The van der Waals surface area contributed by atoms with E-state index in [9.17, 15) is 0 Å². The summed E-state index contributed by atoms with van der Waals surface area (Å²) < 4.78 is 0. The number of fused-ring (bicyclic) bond motifs is 1. The summed E-state index contributed by atoms with van der Waals surface area (Å²) in [6, 6.07) is 8.75. The van der Waals surface area contributed by atoms with Gasteiger partial charge in [0, 0.05) is 23.7 Å². The highest BCUT2D eigenvalue weighted by Crippen LogP contribution is 2.47. The quantitative estimate of drug-likeness (QED) is 0.741. The van der Waals surface area contributed by atoms with Crippen LogP contribution >= 0.6 is 0 Å². The second-order valence-corrected chi connectivity index (χ2v) is 4.26. The van der Waals surface area contributed by atoms with Gasteiger partial charge in [-0.3, -0.25) is 0 Å². The van der Waals surface area contributed by atoms with Gasteiger partial charge in [-0.15, -0.1) is 0 Å². The molecule has 0 radical (unpaired) electrons. The lowest BCUT2D eigenvalue weighted by Crippen LogP contribution is -2.19. The van der Waals surface area contributed by atoms with Crippen molar-refractivity contribution in [3.8, 4) is 0 Å². The molecule has 3 N–H and O–H groups in total. The Labute approximate surface area is 83.1 Å². The van der Waals surface area contributed by atoms with Crippen molar-refractivity contribution in [1.29, 1.82) is 0 Å². The molecule has 1 aromatic carbocycles. The standard InChI is InChI=1S/C12H14N2/c13-8-12(4-5-12)10-1-2-11-9(7-10)3-6-14-11/h1-3,6-7,14H,4-5,8,13H2. The first-order chi connectivity index (χ1) is 6.84. The van der Waals surface area contributed by atoms with E-state index in [4.69, 9.17) is 5.73 Å². The lowest BCUT2D eigenvalue weighted by Gasteiger charge is -2.12. The van der Waals surface area contributed by atoms with E-state index < -0.39 is 0 Å². The van der Waals surface area contributed by atoms with Gasteiger partial charge >= 0.3 is 0 Å². The SMILES string of the molecule is NCC1(c2ccc3[nH]ccc3c2)CC1. The Bertz CT molecular complexity index is 466. The van der Waals surface area contributed by atoms with Crippen LogP contribution in [0.15, 0.2) is 30.5 Å². The van der Waals surface area contributed by atoms with Crippen molar-refractivity contribution in [2.45, 2.75) is 18.3 Å². The molecular formula is C12H14N2. The van der Waals surface area contributed by atoms with Crippen LogP contribution in [0, 0.1) is 0 Å². The largest absolute Gasteiger partial charge is 0.361 e. The molecule has 1 aliphatic rings. The first-order valence-corrected chi connectivity index (χ1v) is 5.12. The van der Waals surface area contributed by atoms with Gasteiger partial charge in [-0.25, -0.2) is 0 Å². The Morgan fingerprint density at radius 1 is 1.29 bits per heavy atom. The molecule has 0 unspecified atom stereocenters. The number of hydrogen-bond acceptors (Lipinski definition) is 1. The summed E-state index contributed by atoms with van der Waals surface area (Å²) in [4.78, 5) is 3.21. The van der Waals surface area contributed by atoms with Gasteiger partial charge < -0.3 is 10.7 Å². The molecule has 2 heteroatoms. The molecule has 0 amide bonds. The van der Waals surface area contributed by atoms with E-state index in [0.29, 0.717) is 5.41 Å². The third-order valence-electron chi connectivity index (χ3n) is 3.41. The average molecular weight is 186 g/mol. The molecule has 0 saturated heterocycles. The molecule has 1 heterocycles. The van der Waals surface area contributed by atoms with Gasteiger partial charge in [0.25, 0.3) is 0 Å². The maximum Gasteiger partial charge on any atom is 0.0454 e. The van der Waals surface area contributed by atoms with E-state index in [1.165, 1.54) is 29.3 Å². The minimum atomic E-state index is 0.311. The van der Waals surface area contributed by atoms with Gasteiger partial charge in [0.2, 0.25) is 0 Å². The summed E-state index contributed by atoms with van der Waals surface area (Å²) in [5, 5.41) is 1.29. The number of H-pyrrole nitrogens is 1. The van der Waals surface area contributed by atoms with Crippen LogP contribution in [0.1, 0.15) is 18.4 Å². The van der Waals surface area contributed by atoms with Crippen LogP contribution in [0.3, 0.4) is 0 Å². The van der Waals surface area contributed by atoms with Crippen LogP contribution in [0.4, 0.5) is 0 Å².